The third-order valence-corrected chi connectivity index (χ3v) is 2.94. The summed E-state index contributed by atoms with van der Waals surface area (Å²) in [5.41, 5.74) is 5.52. The van der Waals surface area contributed by atoms with E-state index in [-0.39, 0.29) is 5.91 Å². The minimum Gasteiger partial charge on any atom is -0.356 e. The molecule has 1 fully saturated rings. The molecule has 1 aliphatic rings. The van der Waals surface area contributed by atoms with E-state index in [2.05, 4.69) is 15.1 Å². The van der Waals surface area contributed by atoms with Crippen LogP contribution in [0.1, 0.15) is 13.3 Å². The van der Waals surface area contributed by atoms with Crippen LogP contribution in [0.15, 0.2) is 0 Å². The summed E-state index contributed by atoms with van der Waals surface area (Å²) < 4.78 is 0. The molecule has 0 bridgehead atoms. The number of nitrogens with zero attached hydrogens (tertiary/aromatic N) is 2. The Morgan fingerprint density at radius 1 is 1.19 bits per heavy atom. The van der Waals surface area contributed by atoms with Crippen molar-refractivity contribution in [1.29, 1.82) is 0 Å². The Kier molecular flexibility index (Phi) is 6.37. The molecule has 0 aliphatic carbocycles. The summed E-state index contributed by atoms with van der Waals surface area (Å²) in [4.78, 5) is 16.0. The van der Waals surface area contributed by atoms with Gasteiger partial charge < -0.3 is 16.0 Å². The Balaban J connectivity index is 2.10. The molecule has 0 atom stereocenters. The van der Waals surface area contributed by atoms with Crippen LogP contribution in [0.25, 0.3) is 0 Å². The van der Waals surface area contributed by atoms with Crippen LogP contribution in [-0.2, 0) is 4.79 Å². The largest absolute Gasteiger partial charge is 0.356 e. The molecule has 3 N–H and O–H groups in total. The second kappa shape index (κ2) is 7.60. The van der Waals surface area contributed by atoms with Gasteiger partial charge in [0.1, 0.15) is 0 Å². The molecular formula is C11H24N4O. The summed E-state index contributed by atoms with van der Waals surface area (Å²) >= 11 is 0. The summed E-state index contributed by atoms with van der Waals surface area (Å²) in [6, 6.07) is 0. The van der Waals surface area contributed by atoms with Crippen LogP contribution in [0, 0.1) is 0 Å². The molecular weight excluding hydrogens is 204 g/mol. The van der Waals surface area contributed by atoms with Crippen molar-refractivity contribution in [2.24, 2.45) is 5.73 Å². The van der Waals surface area contributed by atoms with Crippen molar-refractivity contribution in [3.8, 4) is 0 Å². The van der Waals surface area contributed by atoms with Gasteiger partial charge in [0.05, 0.1) is 0 Å². The number of hydrogen-bond acceptors (Lipinski definition) is 4. The van der Waals surface area contributed by atoms with E-state index in [4.69, 9.17) is 5.73 Å². The van der Waals surface area contributed by atoms with E-state index in [1.807, 2.05) is 6.92 Å². The zero-order valence-corrected chi connectivity index (χ0v) is 10.2. The Bertz CT molecular complexity index is 202. The molecule has 1 aliphatic heterocycles. The molecule has 1 saturated heterocycles. The maximum atomic E-state index is 11.3. The zero-order valence-electron chi connectivity index (χ0n) is 10.2. The number of carbonyl (C=O) groups excluding carboxylic acids is 1. The summed E-state index contributed by atoms with van der Waals surface area (Å²) in [6.45, 7) is 9.54. The summed E-state index contributed by atoms with van der Waals surface area (Å²) in [5, 5.41) is 2.82. The molecule has 0 radical (unpaired) electrons. The SMILES string of the molecule is CCNC(=O)CCN1CCN(CCN)CC1. The van der Waals surface area contributed by atoms with E-state index in [1.165, 1.54) is 0 Å². The van der Waals surface area contributed by atoms with Gasteiger partial charge in [-0.2, -0.15) is 0 Å². The summed E-state index contributed by atoms with van der Waals surface area (Å²) in [7, 11) is 0. The second-order valence-electron chi connectivity index (χ2n) is 4.18. The Labute approximate surface area is 98.0 Å². The third kappa shape index (κ3) is 4.92. The number of carbonyl (C=O) groups is 1. The number of nitrogens with one attached hydrogen (secondary N) is 1. The number of rotatable bonds is 6. The van der Waals surface area contributed by atoms with Gasteiger partial charge >= 0.3 is 0 Å². The second-order valence-corrected chi connectivity index (χ2v) is 4.18. The Hall–Kier alpha value is -0.650. The third-order valence-electron chi connectivity index (χ3n) is 2.94. The lowest BCUT2D eigenvalue weighted by molar-refractivity contribution is -0.121. The smallest absolute Gasteiger partial charge is 0.221 e. The van der Waals surface area contributed by atoms with Gasteiger partial charge in [-0.3, -0.25) is 9.69 Å². The molecule has 16 heavy (non-hydrogen) atoms. The average Bonchev–Trinajstić information content (AvgIpc) is 2.29. The monoisotopic (exact) mass is 228 g/mol. The van der Waals surface area contributed by atoms with Gasteiger partial charge in [-0.05, 0) is 6.92 Å². The van der Waals surface area contributed by atoms with Crippen molar-refractivity contribution < 1.29 is 4.79 Å². The quantitative estimate of drug-likeness (QED) is 0.618. The molecule has 1 amide bonds. The fourth-order valence-electron chi connectivity index (χ4n) is 1.96. The first-order valence-electron chi connectivity index (χ1n) is 6.17. The maximum absolute atomic E-state index is 11.3. The van der Waals surface area contributed by atoms with Crippen molar-refractivity contribution in [3.63, 3.8) is 0 Å². The van der Waals surface area contributed by atoms with Crippen LogP contribution in [0.5, 0.6) is 0 Å². The average molecular weight is 228 g/mol. The molecule has 0 aromatic heterocycles. The van der Waals surface area contributed by atoms with Crippen LogP contribution in [0.4, 0.5) is 0 Å². The van der Waals surface area contributed by atoms with E-state index < -0.39 is 0 Å². The molecule has 0 saturated carbocycles. The molecule has 1 heterocycles. The topological polar surface area (TPSA) is 61.6 Å². The van der Waals surface area contributed by atoms with Gasteiger partial charge in [0.15, 0.2) is 0 Å². The lowest BCUT2D eigenvalue weighted by atomic mass is 10.3. The lowest BCUT2D eigenvalue weighted by Crippen LogP contribution is -2.48. The molecule has 94 valence electrons. The van der Waals surface area contributed by atoms with Crippen molar-refractivity contribution in [3.05, 3.63) is 0 Å². The molecule has 0 unspecified atom stereocenters. The van der Waals surface area contributed by atoms with E-state index >= 15 is 0 Å². The van der Waals surface area contributed by atoms with E-state index in [0.717, 1.165) is 52.4 Å². The first kappa shape index (κ1) is 13.4. The van der Waals surface area contributed by atoms with Crippen molar-refractivity contribution >= 4 is 5.91 Å². The van der Waals surface area contributed by atoms with Gasteiger partial charge in [0.2, 0.25) is 5.91 Å². The first-order chi connectivity index (χ1) is 7.76. The van der Waals surface area contributed by atoms with Gasteiger partial charge in [-0.25, -0.2) is 0 Å². The zero-order chi connectivity index (χ0) is 11.8. The number of amides is 1. The molecule has 0 aromatic rings. The highest BCUT2D eigenvalue weighted by Gasteiger charge is 2.16. The predicted octanol–water partition coefficient (Wildman–Crippen LogP) is -0.911. The van der Waals surface area contributed by atoms with E-state index in [1.54, 1.807) is 0 Å². The molecule has 5 heteroatoms. The molecule has 0 aromatic carbocycles. The van der Waals surface area contributed by atoms with Crippen molar-refractivity contribution in [2.45, 2.75) is 13.3 Å². The predicted molar refractivity (Wildman–Crippen MR) is 65.2 cm³/mol. The highest BCUT2D eigenvalue weighted by molar-refractivity contribution is 5.75. The number of hydrogen-bond donors (Lipinski definition) is 2. The Morgan fingerprint density at radius 2 is 1.75 bits per heavy atom. The van der Waals surface area contributed by atoms with Gasteiger partial charge in [0, 0.05) is 58.8 Å². The van der Waals surface area contributed by atoms with Crippen LogP contribution in [0.3, 0.4) is 0 Å². The van der Waals surface area contributed by atoms with Crippen LogP contribution >= 0.6 is 0 Å². The highest BCUT2D eigenvalue weighted by Crippen LogP contribution is 2.01. The van der Waals surface area contributed by atoms with E-state index in [9.17, 15) is 4.79 Å². The number of piperazine rings is 1. The lowest BCUT2D eigenvalue weighted by Gasteiger charge is -2.34. The summed E-state index contributed by atoms with van der Waals surface area (Å²) in [5.74, 6) is 0.159. The van der Waals surface area contributed by atoms with Crippen molar-refractivity contribution in [2.75, 3.05) is 52.4 Å². The van der Waals surface area contributed by atoms with Gasteiger partial charge in [-0.1, -0.05) is 0 Å². The van der Waals surface area contributed by atoms with Crippen molar-refractivity contribution in [1.82, 2.24) is 15.1 Å². The van der Waals surface area contributed by atoms with Crippen LogP contribution in [-0.4, -0.2) is 68.1 Å². The normalized spacial score (nSPS) is 18.6. The van der Waals surface area contributed by atoms with Gasteiger partial charge in [-0.15, -0.1) is 0 Å². The fraction of sp³-hybridized carbons (Fsp3) is 0.909. The standard InChI is InChI=1S/C11H24N4O/c1-2-13-11(16)3-5-14-7-9-15(6-4-12)10-8-14/h2-10,12H2,1H3,(H,13,16). The summed E-state index contributed by atoms with van der Waals surface area (Å²) in [6.07, 6.45) is 0.616. The molecule has 0 spiro atoms. The highest BCUT2D eigenvalue weighted by atomic mass is 16.1. The minimum absolute atomic E-state index is 0.159. The number of nitrogens with two attached hydrogens (primary N) is 1. The van der Waals surface area contributed by atoms with Gasteiger partial charge in [0.25, 0.3) is 0 Å². The fourth-order valence-corrected chi connectivity index (χ4v) is 1.96. The molecule has 1 rings (SSSR count). The van der Waals surface area contributed by atoms with Crippen LogP contribution in [0.2, 0.25) is 0 Å². The maximum Gasteiger partial charge on any atom is 0.221 e. The van der Waals surface area contributed by atoms with E-state index in [0.29, 0.717) is 6.42 Å². The first-order valence-corrected chi connectivity index (χ1v) is 6.17. The molecule has 5 nitrogen and oxygen atoms in total. The Morgan fingerprint density at radius 3 is 2.25 bits per heavy atom. The minimum atomic E-state index is 0.159. The van der Waals surface area contributed by atoms with Crippen LogP contribution < -0.4 is 11.1 Å².